The van der Waals surface area contributed by atoms with E-state index < -0.39 is 10.5 Å². The lowest BCUT2D eigenvalue weighted by molar-refractivity contribution is -0.384. The Balaban J connectivity index is 2.85. The van der Waals surface area contributed by atoms with Crippen molar-refractivity contribution in [1.29, 1.82) is 0 Å². The lowest BCUT2D eigenvalue weighted by Crippen LogP contribution is -2.33. The molecule has 0 spiro atoms. The summed E-state index contributed by atoms with van der Waals surface area (Å²) in [6.07, 6.45) is 1.48. The Kier molecular flexibility index (Phi) is 6.05. The van der Waals surface area contributed by atoms with E-state index >= 15 is 0 Å². The monoisotopic (exact) mass is 308 g/mol. The fourth-order valence-corrected chi connectivity index (χ4v) is 2.02. The molecule has 0 fully saturated rings. The summed E-state index contributed by atoms with van der Waals surface area (Å²) in [5.74, 6) is 0.259. The Bertz CT molecular complexity index is 553. The maximum absolute atomic E-state index is 11.3. The summed E-state index contributed by atoms with van der Waals surface area (Å²) in [5, 5.41) is 24.4. The molecule has 1 rings (SSSR count). The Labute approximate surface area is 130 Å². The predicted molar refractivity (Wildman–Crippen MR) is 86.3 cm³/mol. The second-order valence-corrected chi connectivity index (χ2v) is 6.33. The third-order valence-electron chi connectivity index (χ3n) is 3.52. The summed E-state index contributed by atoms with van der Waals surface area (Å²) < 4.78 is 0. The molecule has 2 N–H and O–H groups in total. The first-order valence-corrected chi connectivity index (χ1v) is 7.38. The van der Waals surface area contributed by atoms with Crippen LogP contribution >= 0.6 is 0 Å². The van der Waals surface area contributed by atoms with Crippen LogP contribution in [0, 0.1) is 16.0 Å². The van der Waals surface area contributed by atoms with E-state index in [0.29, 0.717) is 23.6 Å². The summed E-state index contributed by atoms with van der Waals surface area (Å²) in [6, 6.07) is 4.31. The molecule has 0 saturated carbocycles. The highest BCUT2D eigenvalue weighted by molar-refractivity contribution is 5.95. The maximum atomic E-state index is 11.3. The highest BCUT2D eigenvalue weighted by Crippen LogP contribution is 2.27. The van der Waals surface area contributed by atoms with Crippen LogP contribution in [0.25, 0.3) is 0 Å². The van der Waals surface area contributed by atoms with Gasteiger partial charge in [0.25, 0.3) is 5.69 Å². The van der Waals surface area contributed by atoms with Crippen molar-refractivity contribution < 1.29 is 14.8 Å². The number of carbonyl (C=O) groups is 1. The molecule has 0 bridgehead atoms. The molecule has 22 heavy (non-hydrogen) atoms. The zero-order valence-corrected chi connectivity index (χ0v) is 13.5. The molecule has 6 nitrogen and oxygen atoms in total. The van der Waals surface area contributed by atoms with Gasteiger partial charge in [-0.2, -0.15) is 0 Å². The number of hydrogen-bond donors (Lipinski definition) is 2. The van der Waals surface area contributed by atoms with Crippen LogP contribution in [-0.2, 0) is 0 Å². The first-order chi connectivity index (χ1) is 10.1. The molecular weight excluding hydrogens is 284 g/mol. The van der Waals surface area contributed by atoms with E-state index in [1.807, 2.05) is 0 Å². The summed E-state index contributed by atoms with van der Waals surface area (Å²) in [7, 11) is 0. The zero-order valence-electron chi connectivity index (χ0n) is 13.5. The molecule has 0 aliphatic rings. The fourth-order valence-electron chi connectivity index (χ4n) is 2.02. The topological polar surface area (TPSA) is 92.5 Å². The van der Waals surface area contributed by atoms with Gasteiger partial charge >= 0.3 is 0 Å². The summed E-state index contributed by atoms with van der Waals surface area (Å²) in [6.45, 7) is 7.44. The van der Waals surface area contributed by atoms with E-state index in [9.17, 15) is 20.0 Å². The SMILES string of the molecule is CC(=O)c1ccc(NCC(C)(O)CCC(C)C)c([N+](=O)[O-])c1. The molecule has 1 unspecified atom stereocenters. The molecule has 6 heteroatoms. The first kappa shape index (κ1) is 18.1. The smallest absolute Gasteiger partial charge is 0.293 e. The van der Waals surface area contributed by atoms with Gasteiger partial charge in [-0.3, -0.25) is 14.9 Å². The highest BCUT2D eigenvalue weighted by Gasteiger charge is 2.23. The van der Waals surface area contributed by atoms with Crippen LogP contribution in [-0.4, -0.2) is 28.0 Å². The number of nitrogens with one attached hydrogen (secondary N) is 1. The Morgan fingerprint density at radius 1 is 1.45 bits per heavy atom. The van der Waals surface area contributed by atoms with Crippen LogP contribution in [0.4, 0.5) is 11.4 Å². The number of ketones is 1. The normalized spacial score (nSPS) is 13.7. The Morgan fingerprint density at radius 2 is 2.09 bits per heavy atom. The van der Waals surface area contributed by atoms with Crippen molar-refractivity contribution in [2.45, 2.75) is 46.1 Å². The van der Waals surface area contributed by atoms with Gasteiger partial charge in [-0.05, 0) is 44.7 Å². The lowest BCUT2D eigenvalue weighted by atomic mass is 9.95. The molecule has 0 saturated heterocycles. The van der Waals surface area contributed by atoms with Gasteiger partial charge in [0.05, 0.1) is 10.5 Å². The van der Waals surface area contributed by atoms with E-state index in [0.717, 1.165) is 6.42 Å². The van der Waals surface area contributed by atoms with Gasteiger partial charge in [0.1, 0.15) is 5.69 Å². The number of nitro benzene ring substituents is 1. The number of carbonyl (C=O) groups excluding carboxylic acids is 1. The lowest BCUT2D eigenvalue weighted by Gasteiger charge is -2.25. The average Bonchev–Trinajstić information content (AvgIpc) is 2.42. The second-order valence-electron chi connectivity index (χ2n) is 6.33. The molecule has 0 aromatic heterocycles. The molecule has 122 valence electrons. The zero-order chi connectivity index (χ0) is 16.9. The fraction of sp³-hybridized carbons (Fsp3) is 0.562. The average molecular weight is 308 g/mol. The number of benzene rings is 1. The van der Waals surface area contributed by atoms with Crippen LogP contribution in [0.3, 0.4) is 0 Å². The number of Topliss-reactive ketones (excluding diaryl/α,β-unsaturated/α-hetero) is 1. The summed E-state index contributed by atoms with van der Waals surface area (Å²) >= 11 is 0. The largest absolute Gasteiger partial charge is 0.388 e. The van der Waals surface area contributed by atoms with Crippen molar-refractivity contribution >= 4 is 17.2 Å². The van der Waals surface area contributed by atoms with Crippen LogP contribution in [0.15, 0.2) is 18.2 Å². The number of hydrogen-bond acceptors (Lipinski definition) is 5. The van der Waals surface area contributed by atoms with Gasteiger partial charge in [-0.15, -0.1) is 0 Å². The predicted octanol–water partition coefficient (Wildman–Crippen LogP) is 3.40. The van der Waals surface area contributed by atoms with Crippen LogP contribution in [0.1, 0.15) is 50.9 Å². The molecule has 0 radical (unpaired) electrons. The minimum atomic E-state index is -0.947. The van der Waals surface area contributed by atoms with E-state index in [-0.39, 0.29) is 18.0 Å². The van der Waals surface area contributed by atoms with Crippen LogP contribution in [0.5, 0.6) is 0 Å². The summed E-state index contributed by atoms with van der Waals surface area (Å²) in [5.41, 5.74) is -0.506. The quantitative estimate of drug-likeness (QED) is 0.436. The van der Waals surface area contributed by atoms with Gasteiger partial charge in [0.2, 0.25) is 0 Å². The van der Waals surface area contributed by atoms with E-state index in [1.165, 1.54) is 19.1 Å². The number of aliphatic hydroxyl groups is 1. The van der Waals surface area contributed by atoms with E-state index in [2.05, 4.69) is 19.2 Å². The van der Waals surface area contributed by atoms with Crippen molar-refractivity contribution in [2.24, 2.45) is 5.92 Å². The third-order valence-corrected chi connectivity index (χ3v) is 3.52. The molecule has 1 aromatic carbocycles. The summed E-state index contributed by atoms with van der Waals surface area (Å²) in [4.78, 5) is 21.9. The van der Waals surface area contributed by atoms with Crippen molar-refractivity contribution in [2.75, 3.05) is 11.9 Å². The number of nitro groups is 1. The number of rotatable bonds is 8. The van der Waals surface area contributed by atoms with Crippen molar-refractivity contribution in [3.05, 3.63) is 33.9 Å². The molecule has 0 amide bonds. The molecular formula is C16H24N2O4. The van der Waals surface area contributed by atoms with Crippen molar-refractivity contribution in [3.8, 4) is 0 Å². The highest BCUT2D eigenvalue weighted by atomic mass is 16.6. The maximum Gasteiger partial charge on any atom is 0.293 e. The Morgan fingerprint density at radius 3 is 2.59 bits per heavy atom. The van der Waals surface area contributed by atoms with Gasteiger partial charge in [0.15, 0.2) is 5.78 Å². The van der Waals surface area contributed by atoms with Gasteiger partial charge in [0, 0.05) is 18.2 Å². The van der Waals surface area contributed by atoms with E-state index in [1.54, 1.807) is 13.0 Å². The molecule has 0 heterocycles. The Hall–Kier alpha value is -1.95. The minimum Gasteiger partial charge on any atom is -0.388 e. The molecule has 0 aliphatic carbocycles. The second kappa shape index (κ2) is 7.35. The van der Waals surface area contributed by atoms with Crippen LogP contribution in [0.2, 0.25) is 0 Å². The van der Waals surface area contributed by atoms with Gasteiger partial charge < -0.3 is 10.4 Å². The standard InChI is InChI=1S/C16H24N2O4/c1-11(2)7-8-16(4,20)10-17-14-6-5-13(12(3)19)9-15(14)18(21)22/h5-6,9,11,17,20H,7-8,10H2,1-4H3. The molecule has 1 aromatic rings. The van der Waals surface area contributed by atoms with Crippen molar-refractivity contribution in [1.82, 2.24) is 0 Å². The van der Waals surface area contributed by atoms with Crippen LogP contribution < -0.4 is 5.32 Å². The number of nitrogens with zero attached hydrogens (tertiary/aromatic N) is 1. The van der Waals surface area contributed by atoms with Gasteiger partial charge in [-0.1, -0.05) is 13.8 Å². The molecule has 1 atom stereocenters. The number of anilines is 1. The first-order valence-electron chi connectivity index (χ1n) is 7.38. The molecule has 0 aliphatic heterocycles. The van der Waals surface area contributed by atoms with E-state index in [4.69, 9.17) is 0 Å². The van der Waals surface area contributed by atoms with Crippen molar-refractivity contribution in [3.63, 3.8) is 0 Å². The minimum absolute atomic E-state index is 0.160. The third kappa shape index (κ3) is 5.44. The van der Waals surface area contributed by atoms with Gasteiger partial charge in [-0.25, -0.2) is 0 Å².